The van der Waals surface area contributed by atoms with Crippen molar-refractivity contribution in [3.05, 3.63) is 33.8 Å². The number of hydrogen-bond donors (Lipinski definition) is 0. The van der Waals surface area contributed by atoms with E-state index in [2.05, 4.69) is 5.92 Å². The molecule has 0 spiro atoms. The van der Waals surface area contributed by atoms with E-state index in [1.54, 1.807) is 6.07 Å². The zero-order chi connectivity index (χ0) is 8.97. The summed E-state index contributed by atoms with van der Waals surface area (Å²) >= 11 is 11.6. The molecule has 0 fully saturated rings. The third-order valence-corrected chi connectivity index (χ3v) is 1.92. The second-order valence-corrected chi connectivity index (χ2v) is 3.35. The molecular formula is C10H8Cl2. The molecule has 1 aromatic rings. The highest BCUT2D eigenvalue weighted by Gasteiger charge is 1.96. The van der Waals surface area contributed by atoms with E-state index >= 15 is 0 Å². The third-order valence-electron chi connectivity index (χ3n) is 1.48. The molecule has 0 saturated heterocycles. The van der Waals surface area contributed by atoms with E-state index < -0.39 is 0 Å². The van der Waals surface area contributed by atoms with Crippen LogP contribution < -0.4 is 0 Å². The van der Waals surface area contributed by atoms with Gasteiger partial charge < -0.3 is 0 Å². The van der Waals surface area contributed by atoms with Gasteiger partial charge >= 0.3 is 0 Å². The maximum Gasteiger partial charge on any atom is 0.0423 e. The van der Waals surface area contributed by atoms with Crippen LogP contribution in [0.2, 0.25) is 10.0 Å². The quantitative estimate of drug-likeness (QED) is 0.638. The summed E-state index contributed by atoms with van der Waals surface area (Å²) in [5.41, 5.74) is 1.09. The van der Waals surface area contributed by atoms with Crippen molar-refractivity contribution in [1.29, 1.82) is 0 Å². The van der Waals surface area contributed by atoms with Gasteiger partial charge in [0.25, 0.3) is 0 Å². The monoisotopic (exact) mass is 198 g/mol. The van der Waals surface area contributed by atoms with Crippen LogP contribution in [-0.2, 0) is 6.42 Å². The van der Waals surface area contributed by atoms with E-state index in [-0.39, 0.29) is 0 Å². The van der Waals surface area contributed by atoms with Crippen LogP contribution in [-0.4, -0.2) is 0 Å². The van der Waals surface area contributed by atoms with Gasteiger partial charge in [0.2, 0.25) is 0 Å². The molecule has 12 heavy (non-hydrogen) atoms. The summed E-state index contributed by atoms with van der Waals surface area (Å²) in [5, 5.41) is 1.32. The van der Waals surface area contributed by atoms with Crippen molar-refractivity contribution in [2.45, 2.75) is 12.8 Å². The van der Waals surface area contributed by atoms with Crippen LogP contribution in [0, 0.1) is 12.3 Å². The van der Waals surface area contributed by atoms with E-state index in [4.69, 9.17) is 29.6 Å². The average Bonchev–Trinajstić information content (AvgIpc) is 1.99. The first-order valence-corrected chi connectivity index (χ1v) is 4.36. The van der Waals surface area contributed by atoms with Gasteiger partial charge in [0.15, 0.2) is 0 Å². The molecule has 0 aromatic heterocycles. The van der Waals surface area contributed by atoms with E-state index in [1.165, 1.54) is 0 Å². The summed E-state index contributed by atoms with van der Waals surface area (Å²) in [7, 11) is 0. The minimum absolute atomic E-state index is 0.662. The Kier molecular flexibility index (Phi) is 3.47. The minimum Gasteiger partial charge on any atom is -0.120 e. The highest BCUT2D eigenvalue weighted by Crippen LogP contribution is 2.19. The Bertz CT molecular complexity index is 290. The van der Waals surface area contributed by atoms with Gasteiger partial charge in [-0.1, -0.05) is 23.2 Å². The summed E-state index contributed by atoms with van der Waals surface area (Å²) in [6.07, 6.45) is 6.69. The van der Waals surface area contributed by atoms with Gasteiger partial charge in [-0.15, -0.1) is 12.3 Å². The van der Waals surface area contributed by atoms with Crippen LogP contribution in [0.15, 0.2) is 18.2 Å². The van der Waals surface area contributed by atoms with Crippen molar-refractivity contribution in [2.75, 3.05) is 0 Å². The summed E-state index contributed by atoms with van der Waals surface area (Å²) in [5.74, 6) is 2.57. The summed E-state index contributed by atoms with van der Waals surface area (Å²) in [6.45, 7) is 0. The van der Waals surface area contributed by atoms with Gasteiger partial charge in [-0.05, 0) is 30.2 Å². The summed E-state index contributed by atoms with van der Waals surface area (Å²) in [6, 6.07) is 5.47. The Morgan fingerprint density at radius 2 is 1.75 bits per heavy atom. The second kappa shape index (κ2) is 4.40. The van der Waals surface area contributed by atoms with Gasteiger partial charge in [0.05, 0.1) is 0 Å². The summed E-state index contributed by atoms with van der Waals surface area (Å²) in [4.78, 5) is 0. The molecule has 2 heteroatoms. The first-order valence-electron chi connectivity index (χ1n) is 3.61. The van der Waals surface area contributed by atoms with Crippen molar-refractivity contribution in [3.63, 3.8) is 0 Å². The molecule has 0 nitrogen and oxygen atoms in total. The predicted octanol–water partition coefficient (Wildman–Crippen LogP) is 3.56. The molecule has 1 rings (SSSR count). The van der Waals surface area contributed by atoms with Crippen LogP contribution in [0.3, 0.4) is 0 Å². The average molecular weight is 199 g/mol. The Morgan fingerprint density at radius 3 is 2.25 bits per heavy atom. The normalized spacial score (nSPS) is 9.42. The molecule has 0 heterocycles. The van der Waals surface area contributed by atoms with Crippen molar-refractivity contribution in [1.82, 2.24) is 0 Å². The number of terminal acetylenes is 1. The Morgan fingerprint density at radius 1 is 1.17 bits per heavy atom. The highest BCUT2D eigenvalue weighted by atomic mass is 35.5. The third kappa shape index (κ3) is 2.77. The minimum atomic E-state index is 0.662. The zero-order valence-corrected chi connectivity index (χ0v) is 7.99. The molecule has 1 aromatic carbocycles. The van der Waals surface area contributed by atoms with Crippen molar-refractivity contribution in [2.24, 2.45) is 0 Å². The van der Waals surface area contributed by atoms with Gasteiger partial charge in [0, 0.05) is 16.5 Å². The molecule has 0 amide bonds. The molecular weight excluding hydrogens is 191 g/mol. The van der Waals surface area contributed by atoms with E-state index in [0.29, 0.717) is 10.0 Å². The maximum absolute atomic E-state index is 5.79. The zero-order valence-electron chi connectivity index (χ0n) is 6.48. The topological polar surface area (TPSA) is 0 Å². The fourth-order valence-corrected chi connectivity index (χ4v) is 1.54. The van der Waals surface area contributed by atoms with E-state index in [9.17, 15) is 0 Å². The van der Waals surface area contributed by atoms with Gasteiger partial charge in [-0.25, -0.2) is 0 Å². The first kappa shape index (κ1) is 9.45. The highest BCUT2D eigenvalue weighted by molar-refractivity contribution is 6.34. The van der Waals surface area contributed by atoms with Crippen LogP contribution >= 0.6 is 23.2 Å². The SMILES string of the molecule is C#CCCc1cc(Cl)cc(Cl)c1. The Hall–Kier alpha value is -0.640. The van der Waals surface area contributed by atoms with Gasteiger partial charge in [-0.3, -0.25) is 0 Å². The van der Waals surface area contributed by atoms with Crippen molar-refractivity contribution < 1.29 is 0 Å². The molecule has 0 aliphatic carbocycles. The first-order chi connectivity index (χ1) is 5.72. The number of hydrogen-bond acceptors (Lipinski definition) is 0. The summed E-state index contributed by atoms with van der Waals surface area (Å²) < 4.78 is 0. The smallest absolute Gasteiger partial charge is 0.0423 e. The lowest BCUT2D eigenvalue weighted by Crippen LogP contribution is -1.83. The molecule has 0 atom stereocenters. The lowest BCUT2D eigenvalue weighted by atomic mass is 10.1. The van der Waals surface area contributed by atoms with Gasteiger partial charge in [-0.2, -0.15) is 0 Å². The van der Waals surface area contributed by atoms with E-state index in [0.717, 1.165) is 18.4 Å². The lowest BCUT2D eigenvalue weighted by molar-refractivity contribution is 1.03. The Labute approximate surface area is 82.5 Å². The maximum atomic E-state index is 5.79. The second-order valence-electron chi connectivity index (χ2n) is 2.48. The molecule has 0 aliphatic rings. The Balaban J connectivity index is 2.80. The largest absolute Gasteiger partial charge is 0.120 e. The number of rotatable bonds is 2. The van der Waals surface area contributed by atoms with Crippen LogP contribution in [0.4, 0.5) is 0 Å². The fraction of sp³-hybridized carbons (Fsp3) is 0.200. The molecule has 0 unspecified atom stereocenters. The van der Waals surface area contributed by atoms with Gasteiger partial charge in [0.1, 0.15) is 0 Å². The molecule has 0 aliphatic heterocycles. The molecule has 0 N–H and O–H groups in total. The van der Waals surface area contributed by atoms with Crippen molar-refractivity contribution >= 4 is 23.2 Å². The number of halogens is 2. The molecule has 0 saturated carbocycles. The van der Waals surface area contributed by atoms with Crippen LogP contribution in [0.25, 0.3) is 0 Å². The van der Waals surface area contributed by atoms with Crippen LogP contribution in [0.5, 0.6) is 0 Å². The van der Waals surface area contributed by atoms with Crippen LogP contribution in [0.1, 0.15) is 12.0 Å². The standard InChI is InChI=1S/C10H8Cl2/c1-2-3-4-8-5-9(11)7-10(12)6-8/h1,5-7H,3-4H2. The van der Waals surface area contributed by atoms with E-state index in [1.807, 2.05) is 12.1 Å². The predicted molar refractivity (Wildman–Crippen MR) is 53.6 cm³/mol. The van der Waals surface area contributed by atoms with Crippen molar-refractivity contribution in [3.8, 4) is 12.3 Å². The lowest BCUT2D eigenvalue weighted by Gasteiger charge is -1.99. The fourth-order valence-electron chi connectivity index (χ4n) is 0.972. The number of benzene rings is 1. The molecule has 62 valence electrons. The molecule has 0 radical (unpaired) electrons. The number of aryl methyl sites for hydroxylation is 1. The molecule has 0 bridgehead atoms.